The minimum Gasteiger partial charge on any atom is -0.355 e. The number of hydrogen-bond acceptors (Lipinski definition) is 3. The van der Waals surface area contributed by atoms with Crippen molar-refractivity contribution in [2.75, 3.05) is 6.54 Å². The summed E-state index contributed by atoms with van der Waals surface area (Å²) >= 11 is 0. The summed E-state index contributed by atoms with van der Waals surface area (Å²) in [5.74, 6) is -0.0927. The standard InChI is InChI=1S/C20H21N3O2/c1-14-7-3-4-8-15(14)11-12-21-19(24)13-18-16-9-5-6-10-17(16)20(25)23(2)22-18/h3-10H,11-13H2,1-2H3,(H,21,24). The molecule has 25 heavy (non-hydrogen) atoms. The zero-order valence-electron chi connectivity index (χ0n) is 14.5. The van der Waals surface area contributed by atoms with Gasteiger partial charge in [0, 0.05) is 19.0 Å². The Bertz CT molecular complexity index is 976. The van der Waals surface area contributed by atoms with Crippen molar-refractivity contribution in [3.8, 4) is 0 Å². The van der Waals surface area contributed by atoms with Crippen LogP contribution in [0, 0.1) is 6.92 Å². The summed E-state index contributed by atoms with van der Waals surface area (Å²) < 4.78 is 1.29. The Hall–Kier alpha value is -2.95. The highest BCUT2D eigenvalue weighted by Crippen LogP contribution is 2.13. The van der Waals surface area contributed by atoms with Gasteiger partial charge in [-0.1, -0.05) is 42.5 Å². The molecule has 1 N–H and O–H groups in total. The van der Waals surface area contributed by atoms with Gasteiger partial charge in [0.25, 0.3) is 5.56 Å². The Morgan fingerprint density at radius 1 is 1.08 bits per heavy atom. The number of fused-ring (bicyclic) bond motifs is 1. The molecule has 0 aliphatic heterocycles. The number of amides is 1. The van der Waals surface area contributed by atoms with Crippen LogP contribution < -0.4 is 10.9 Å². The van der Waals surface area contributed by atoms with Gasteiger partial charge in [-0.2, -0.15) is 5.10 Å². The molecule has 3 aromatic rings. The van der Waals surface area contributed by atoms with Crippen molar-refractivity contribution in [3.05, 3.63) is 75.7 Å². The Morgan fingerprint density at radius 3 is 2.52 bits per heavy atom. The molecule has 1 aromatic heterocycles. The second-order valence-corrected chi connectivity index (χ2v) is 6.12. The van der Waals surface area contributed by atoms with Gasteiger partial charge in [-0.15, -0.1) is 0 Å². The normalized spacial score (nSPS) is 10.8. The Kier molecular flexibility index (Phi) is 4.93. The monoisotopic (exact) mass is 335 g/mol. The van der Waals surface area contributed by atoms with E-state index in [-0.39, 0.29) is 17.9 Å². The molecule has 5 heteroatoms. The topological polar surface area (TPSA) is 64.0 Å². The van der Waals surface area contributed by atoms with Crippen LogP contribution in [-0.4, -0.2) is 22.2 Å². The lowest BCUT2D eigenvalue weighted by Crippen LogP contribution is -2.29. The van der Waals surface area contributed by atoms with E-state index in [4.69, 9.17) is 0 Å². The van der Waals surface area contributed by atoms with E-state index in [9.17, 15) is 9.59 Å². The van der Waals surface area contributed by atoms with Gasteiger partial charge in [0.05, 0.1) is 17.5 Å². The average Bonchev–Trinajstić information content (AvgIpc) is 2.61. The summed E-state index contributed by atoms with van der Waals surface area (Å²) in [6.07, 6.45) is 0.947. The third-order valence-corrected chi connectivity index (χ3v) is 4.34. The summed E-state index contributed by atoms with van der Waals surface area (Å²) in [5, 5.41) is 8.53. The molecular weight excluding hydrogens is 314 g/mol. The molecule has 2 aromatic carbocycles. The third kappa shape index (κ3) is 3.76. The van der Waals surface area contributed by atoms with E-state index in [0.29, 0.717) is 17.6 Å². The van der Waals surface area contributed by atoms with E-state index in [1.165, 1.54) is 15.8 Å². The minimum atomic E-state index is -0.153. The summed E-state index contributed by atoms with van der Waals surface area (Å²) in [7, 11) is 1.61. The van der Waals surface area contributed by atoms with Gasteiger partial charge in [-0.25, -0.2) is 4.68 Å². The predicted octanol–water partition coefficient (Wildman–Crippen LogP) is 2.14. The number of nitrogens with one attached hydrogen (secondary N) is 1. The molecule has 0 saturated carbocycles. The van der Waals surface area contributed by atoms with Crippen molar-refractivity contribution in [1.29, 1.82) is 0 Å². The Labute approximate surface area is 146 Å². The molecule has 1 heterocycles. The first kappa shape index (κ1) is 16.9. The molecule has 128 valence electrons. The quantitative estimate of drug-likeness (QED) is 0.777. The van der Waals surface area contributed by atoms with Crippen molar-refractivity contribution < 1.29 is 4.79 Å². The number of carbonyl (C=O) groups excluding carboxylic acids is 1. The van der Waals surface area contributed by atoms with Crippen molar-refractivity contribution in [2.24, 2.45) is 7.05 Å². The highest BCUT2D eigenvalue weighted by Gasteiger charge is 2.12. The summed E-state index contributed by atoms with van der Waals surface area (Å²) in [4.78, 5) is 24.4. The molecule has 1 amide bonds. The van der Waals surface area contributed by atoms with E-state index in [2.05, 4.69) is 29.5 Å². The van der Waals surface area contributed by atoms with Crippen molar-refractivity contribution in [3.63, 3.8) is 0 Å². The van der Waals surface area contributed by atoms with Gasteiger partial charge in [0.1, 0.15) is 0 Å². The Morgan fingerprint density at radius 2 is 1.76 bits per heavy atom. The number of carbonyl (C=O) groups is 1. The number of nitrogens with zero attached hydrogens (tertiary/aromatic N) is 2. The molecular formula is C20H21N3O2. The number of rotatable bonds is 5. The van der Waals surface area contributed by atoms with Crippen molar-refractivity contribution in [2.45, 2.75) is 19.8 Å². The van der Waals surface area contributed by atoms with E-state index in [0.717, 1.165) is 11.8 Å². The first-order valence-electron chi connectivity index (χ1n) is 8.32. The molecule has 0 fully saturated rings. The predicted molar refractivity (Wildman–Crippen MR) is 98.6 cm³/mol. The van der Waals surface area contributed by atoms with Gasteiger partial charge < -0.3 is 5.32 Å². The number of benzene rings is 2. The molecule has 0 aliphatic carbocycles. The average molecular weight is 335 g/mol. The van der Waals surface area contributed by atoms with Gasteiger partial charge >= 0.3 is 0 Å². The van der Waals surface area contributed by atoms with E-state index in [1.807, 2.05) is 30.3 Å². The maximum Gasteiger partial charge on any atom is 0.274 e. The maximum atomic E-state index is 12.3. The van der Waals surface area contributed by atoms with Gasteiger partial charge in [-0.05, 0) is 30.5 Å². The molecule has 3 rings (SSSR count). The van der Waals surface area contributed by atoms with Crippen molar-refractivity contribution >= 4 is 16.7 Å². The van der Waals surface area contributed by atoms with E-state index in [1.54, 1.807) is 13.1 Å². The fourth-order valence-electron chi connectivity index (χ4n) is 2.95. The van der Waals surface area contributed by atoms with Crippen LogP contribution in [0.2, 0.25) is 0 Å². The maximum absolute atomic E-state index is 12.3. The van der Waals surface area contributed by atoms with Gasteiger partial charge in [0.2, 0.25) is 5.91 Å². The van der Waals surface area contributed by atoms with Crippen LogP contribution in [0.3, 0.4) is 0 Å². The number of aryl methyl sites for hydroxylation is 2. The van der Waals surface area contributed by atoms with Crippen LogP contribution in [0.15, 0.2) is 53.3 Å². The van der Waals surface area contributed by atoms with Crippen LogP contribution in [0.5, 0.6) is 0 Å². The summed E-state index contributed by atoms with van der Waals surface area (Å²) in [5.41, 5.74) is 2.92. The SMILES string of the molecule is Cc1ccccc1CCNC(=O)Cc1nn(C)c(=O)c2ccccc12. The summed E-state index contributed by atoms with van der Waals surface area (Å²) in [6.45, 7) is 2.64. The van der Waals surface area contributed by atoms with Crippen LogP contribution in [0.4, 0.5) is 0 Å². The van der Waals surface area contributed by atoms with Crippen LogP contribution in [0.25, 0.3) is 10.8 Å². The smallest absolute Gasteiger partial charge is 0.274 e. The fraction of sp³-hybridized carbons (Fsp3) is 0.250. The van der Waals surface area contributed by atoms with Crippen LogP contribution in [0.1, 0.15) is 16.8 Å². The molecule has 5 nitrogen and oxygen atoms in total. The molecule has 0 atom stereocenters. The zero-order valence-corrected chi connectivity index (χ0v) is 14.5. The lowest BCUT2D eigenvalue weighted by atomic mass is 10.1. The fourth-order valence-corrected chi connectivity index (χ4v) is 2.95. The first-order chi connectivity index (χ1) is 12.1. The van der Waals surface area contributed by atoms with Gasteiger partial charge in [-0.3, -0.25) is 9.59 Å². The molecule has 0 bridgehead atoms. The molecule has 0 radical (unpaired) electrons. The molecule has 0 spiro atoms. The Balaban J connectivity index is 1.69. The van der Waals surface area contributed by atoms with E-state index >= 15 is 0 Å². The largest absolute Gasteiger partial charge is 0.355 e. The third-order valence-electron chi connectivity index (χ3n) is 4.34. The number of aromatic nitrogens is 2. The highest BCUT2D eigenvalue weighted by atomic mass is 16.1. The lowest BCUT2D eigenvalue weighted by molar-refractivity contribution is -0.120. The second-order valence-electron chi connectivity index (χ2n) is 6.12. The van der Waals surface area contributed by atoms with Gasteiger partial charge in [0.15, 0.2) is 0 Å². The minimum absolute atomic E-state index is 0.0927. The highest BCUT2D eigenvalue weighted by molar-refractivity contribution is 5.88. The molecule has 0 unspecified atom stereocenters. The lowest BCUT2D eigenvalue weighted by Gasteiger charge is -2.09. The molecule has 0 aliphatic rings. The van der Waals surface area contributed by atoms with Crippen molar-refractivity contribution in [1.82, 2.24) is 15.1 Å². The molecule has 0 saturated heterocycles. The van der Waals surface area contributed by atoms with Crippen LogP contribution in [-0.2, 0) is 24.7 Å². The van der Waals surface area contributed by atoms with E-state index < -0.39 is 0 Å². The second kappa shape index (κ2) is 7.30. The van der Waals surface area contributed by atoms with Crippen LogP contribution >= 0.6 is 0 Å². The summed E-state index contributed by atoms with van der Waals surface area (Å²) in [6, 6.07) is 15.4. The first-order valence-corrected chi connectivity index (χ1v) is 8.32. The number of hydrogen-bond donors (Lipinski definition) is 1. The zero-order chi connectivity index (χ0) is 17.8.